The third-order valence-corrected chi connectivity index (χ3v) is 7.42. The number of hydrogen-bond donors (Lipinski definition) is 0. The second-order valence-corrected chi connectivity index (χ2v) is 9.49. The largest absolute Gasteiger partial charge is 0.468 e. The molecule has 0 unspecified atom stereocenters. The number of aryl methyl sites for hydroxylation is 1. The van der Waals surface area contributed by atoms with Crippen molar-refractivity contribution in [2.75, 3.05) is 31.1 Å². The zero-order chi connectivity index (χ0) is 21.2. The van der Waals surface area contributed by atoms with Gasteiger partial charge in [-0.15, -0.1) is 11.8 Å². The zero-order valence-corrected chi connectivity index (χ0v) is 18.9. The number of carbonyl (C=O) groups excluding carboxylic acids is 1. The normalized spacial score (nSPS) is 14.4. The van der Waals surface area contributed by atoms with Crippen LogP contribution in [0.4, 0.5) is 5.82 Å². The van der Waals surface area contributed by atoms with Gasteiger partial charge in [0, 0.05) is 36.5 Å². The summed E-state index contributed by atoms with van der Waals surface area (Å²) in [5.41, 5.74) is 1.91. The van der Waals surface area contributed by atoms with Gasteiger partial charge in [-0.3, -0.25) is 4.79 Å². The summed E-state index contributed by atoms with van der Waals surface area (Å²) in [5, 5.41) is 1.19. The molecule has 2 aromatic carbocycles. The molecule has 2 aromatic heterocycles. The number of aromatic nitrogens is 1. The highest BCUT2D eigenvalue weighted by molar-refractivity contribution is 7.98. The Bertz CT molecular complexity index is 1190. The van der Waals surface area contributed by atoms with E-state index in [1.807, 2.05) is 11.0 Å². The molecule has 0 radical (unpaired) electrons. The molecule has 1 fully saturated rings. The zero-order valence-electron chi connectivity index (χ0n) is 17.3. The van der Waals surface area contributed by atoms with Crippen molar-refractivity contribution in [2.24, 2.45) is 0 Å². The quantitative estimate of drug-likeness (QED) is 0.379. The maximum absolute atomic E-state index is 13.2. The minimum Gasteiger partial charge on any atom is -0.468 e. The molecule has 1 amide bonds. The molecular weight excluding hydrogens is 426 g/mol. The highest BCUT2D eigenvalue weighted by atomic mass is 32.2. The lowest BCUT2D eigenvalue weighted by Gasteiger charge is -2.35. The Hall–Kier alpha value is -2.77. The van der Waals surface area contributed by atoms with Gasteiger partial charge in [0.15, 0.2) is 0 Å². The summed E-state index contributed by atoms with van der Waals surface area (Å²) in [6.45, 7) is 5.00. The summed E-state index contributed by atoms with van der Waals surface area (Å²) < 4.78 is 11.5. The lowest BCUT2D eigenvalue weighted by molar-refractivity contribution is 0.0745. The van der Waals surface area contributed by atoms with Gasteiger partial charge >= 0.3 is 0 Å². The fourth-order valence-electron chi connectivity index (χ4n) is 3.82. The number of fused-ring (bicyclic) bond motifs is 1. The summed E-state index contributed by atoms with van der Waals surface area (Å²) in [5.74, 6) is 2.47. The highest BCUT2D eigenvalue weighted by Gasteiger charge is 2.26. The molecule has 31 heavy (non-hydrogen) atoms. The van der Waals surface area contributed by atoms with Crippen LogP contribution in [0.25, 0.3) is 10.1 Å². The van der Waals surface area contributed by atoms with Crippen LogP contribution in [-0.4, -0.2) is 41.4 Å². The maximum Gasteiger partial charge on any atom is 0.257 e. The number of rotatable bonds is 5. The fourth-order valence-corrected chi connectivity index (χ4v) is 5.46. The molecular formula is C24H23N3O2S2. The van der Waals surface area contributed by atoms with Crippen molar-refractivity contribution >= 4 is 45.1 Å². The fraction of sp³-hybridized carbons (Fsp3) is 0.250. The number of piperazine rings is 1. The molecule has 1 aliphatic heterocycles. The van der Waals surface area contributed by atoms with E-state index in [0.29, 0.717) is 24.4 Å². The lowest BCUT2D eigenvalue weighted by atomic mass is 10.2. The van der Waals surface area contributed by atoms with Gasteiger partial charge in [-0.25, -0.2) is 0 Å². The van der Waals surface area contributed by atoms with Gasteiger partial charge in [-0.05, 0) is 48.8 Å². The first-order valence-electron chi connectivity index (χ1n) is 10.3. The number of furan rings is 1. The molecule has 158 valence electrons. The Balaban J connectivity index is 1.23. The Morgan fingerprint density at radius 3 is 2.65 bits per heavy atom. The molecule has 0 saturated carbocycles. The first kappa shape index (κ1) is 20.2. The molecule has 0 spiro atoms. The van der Waals surface area contributed by atoms with Crippen molar-refractivity contribution < 1.29 is 9.21 Å². The number of nitrogens with zero attached hydrogens (tertiary/aromatic N) is 3. The summed E-state index contributed by atoms with van der Waals surface area (Å²) in [4.78, 5) is 18.5. The van der Waals surface area contributed by atoms with E-state index in [-0.39, 0.29) is 5.91 Å². The maximum atomic E-state index is 13.2. The molecule has 4 aromatic rings. The van der Waals surface area contributed by atoms with E-state index in [1.54, 1.807) is 24.1 Å². The van der Waals surface area contributed by atoms with Crippen molar-refractivity contribution in [1.29, 1.82) is 0 Å². The summed E-state index contributed by atoms with van der Waals surface area (Å²) in [6.07, 6.45) is 1.62. The van der Waals surface area contributed by atoms with E-state index in [4.69, 9.17) is 4.42 Å². The van der Waals surface area contributed by atoms with Crippen LogP contribution >= 0.6 is 23.3 Å². The Morgan fingerprint density at radius 1 is 1.06 bits per heavy atom. The van der Waals surface area contributed by atoms with Crippen LogP contribution in [0.5, 0.6) is 0 Å². The van der Waals surface area contributed by atoms with E-state index in [9.17, 15) is 4.79 Å². The van der Waals surface area contributed by atoms with Crippen LogP contribution in [0.3, 0.4) is 0 Å². The molecule has 0 atom stereocenters. The third kappa shape index (κ3) is 4.20. The molecule has 5 nitrogen and oxygen atoms in total. The van der Waals surface area contributed by atoms with Crippen LogP contribution in [0.15, 0.2) is 70.2 Å². The van der Waals surface area contributed by atoms with E-state index in [0.717, 1.165) is 24.7 Å². The van der Waals surface area contributed by atoms with Gasteiger partial charge in [0.05, 0.1) is 22.3 Å². The second kappa shape index (κ2) is 8.77. The summed E-state index contributed by atoms with van der Waals surface area (Å²) in [6, 6.07) is 18.5. The standard InChI is InChI=1S/C24H23N3O2S2/c1-17-6-8-18(9-7-17)30-16-21-19(10-15-29-21)24(28)27-13-11-26(12-14-27)23-20-4-2-3-5-22(20)31-25-23/h2-10,15H,11-14,16H2,1H3. The monoisotopic (exact) mass is 449 g/mol. The molecule has 0 aliphatic carbocycles. The smallest absolute Gasteiger partial charge is 0.257 e. The van der Waals surface area contributed by atoms with Crippen molar-refractivity contribution in [3.05, 3.63) is 77.7 Å². The van der Waals surface area contributed by atoms with Crippen LogP contribution in [0.1, 0.15) is 21.7 Å². The Labute approximate surface area is 189 Å². The van der Waals surface area contributed by atoms with Crippen molar-refractivity contribution in [3.8, 4) is 0 Å². The van der Waals surface area contributed by atoms with Gasteiger partial charge in [0.25, 0.3) is 5.91 Å². The molecule has 3 heterocycles. The van der Waals surface area contributed by atoms with Crippen LogP contribution in [0, 0.1) is 6.92 Å². The number of amides is 1. The number of benzene rings is 2. The number of hydrogen-bond acceptors (Lipinski definition) is 6. The van der Waals surface area contributed by atoms with Crippen LogP contribution in [-0.2, 0) is 5.75 Å². The predicted octanol–water partition coefficient (Wildman–Crippen LogP) is 5.45. The highest BCUT2D eigenvalue weighted by Crippen LogP contribution is 2.30. The van der Waals surface area contributed by atoms with E-state index < -0.39 is 0 Å². The number of thioether (sulfide) groups is 1. The second-order valence-electron chi connectivity index (χ2n) is 7.64. The topological polar surface area (TPSA) is 49.6 Å². The Morgan fingerprint density at radius 2 is 1.84 bits per heavy atom. The molecule has 7 heteroatoms. The summed E-state index contributed by atoms with van der Waals surface area (Å²) >= 11 is 3.22. The Kier molecular flexibility index (Phi) is 5.70. The van der Waals surface area contributed by atoms with Gasteiger partial charge in [0.1, 0.15) is 11.6 Å². The summed E-state index contributed by atoms with van der Waals surface area (Å²) in [7, 11) is 0. The van der Waals surface area contributed by atoms with Crippen LogP contribution < -0.4 is 4.90 Å². The average Bonchev–Trinajstić information content (AvgIpc) is 3.45. The van der Waals surface area contributed by atoms with Gasteiger partial charge in [0.2, 0.25) is 0 Å². The number of carbonyl (C=O) groups is 1. The molecule has 5 rings (SSSR count). The first-order valence-corrected chi connectivity index (χ1v) is 12.1. The molecule has 0 bridgehead atoms. The van der Waals surface area contributed by atoms with Gasteiger partial charge in [-0.1, -0.05) is 29.8 Å². The first-order chi connectivity index (χ1) is 15.2. The van der Waals surface area contributed by atoms with Crippen molar-refractivity contribution in [3.63, 3.8) is 0 Å². The van der Waals surface area contributed by atoms with E-state index in [2.05, 4.69) is 58.7 Å². The molecule has 1 saturated heterocycles. The van der Waals surface area contributed by atoms with E-state index in [1.165, 1.54) is 32.1 Å². The predicted molar refractivity (Wildman–Crippen MR) is 127 cm³/mol. The SMILES string of the molecule is Cc1ccc(SCc2occc2C(=O)N2CCN(c3nsc4ccccc34)CC2)cc1. The van der Waals surface area contributed by atoms with Crippen molar-refractivity contribution in [1.82, 2.24) is 9.27 Å². The lowest BCUT2D eigenvalue weighted by Crippen LogP contribution is -2.49. The molecule has 1 aliphatic rings. The number of anilines is 1. The van der Waals surface area contributed by atoms with Crippen molar-refractivity contribution in [2.45, 2.75) is 17.6 Å². The minimum atomic E-state index is 0.0519. The van der Waals surface area contributed by atoms with E-state index >= 15 is 0 Å². The van der Waals surface area contributed by atoms with Gasteiger partial charge in [-0.2, -0.15) is 4.37 Å². The minimum absolute atomic E-state index is 0.0519. The van der Waals surface area contributed by atoms with Gasteiger partial charge < -0.3 is 14.2 Å². The third-order valence-electron chi connectivity index (χ3n) is 5.59. The molecule has 0 N–H and O–H groups in total. The van der Waals surface area contributed by atoms with Crippen LogP contribution in [0.2, 0.25) is 0 Å². The average molecular weight is 450 g/mol.